The van der Waals surface area contributed by atoms with Crippen LogP contribution in [0.15, 0.2) is 54.1 Å². The molecule has 2 rings (SSSR count). The standard InChI is InChI=1S/C19H15FN2O3/c1-2-25-19(24)14-9-7-13(8-10-14)11-15(12-21)18(23)22-17-6-4-3-5-16(17)20/h3-11H,2H2,1H3,(H,22,23)/b15-11+. The maximum Gasteiger partial charge on any atom is 0.338 e. The molecule has 0 aliphatic heterocycles. The molecule has 5 nitrogen and oxygen atoms in total. The van der Waals surface area contributed by atoms with Crippen LogP contribution in [-0.4, -0.2) is 18.5 Å². The van der Waals surface area contributed by atoms with Crippen LogP contribution in [0, 0.1) is 17.1 Å². The van der Waals surface area contributed by atoms with Gasteiger partial charge in [0.2, 0.25) is 0 Å². The molecule has 0 saturated heterocycles. The van der Waals surface area contributed by atoms with Gasteiger partial charge >= 0.3 is 5.97 Å². The number of carbonyl (C=O) groups is 2. The molecule has 25 heavy (non-hydrogen) atoms. The molecule has 2 aromatic rings. The van der Waals surface area contributed by atoms with Crippen molar-refractivity contribution in [3.8, 4) is 6.07 Å². The Hall–Kier alpha value is -3.46. The predicted octanol–water partition coefficient (Wildman–Crippen LogP) is 3.55. The van der Waals surface area contributed by atoms with E-state index in [0.717, 1.165) is 0 Å². The maximum absolute atomic E-state index is 13.6. The summed E-state index contributed by atoms with van der Waals surface area (Å²) in [4.78, 5) is 23.7. The van der Waals surface area contributed by atoms with Crippen molar-refractivity contribution in [3.63, 3.8) is 0 Å². The fraction of sp³-hybridized carbons (Fsp3) is 0.105. The number of rotatable bonds is 5. The third kappa shape index (κ3) is 4.75. The second-order valence-electron chi connectivity index (χ2n) is 4.95. The van der Waals surface area contributed by atoms with Crippen LogP contribution in [0.1, 0.15) is 22.8 Å². The molecule has 0 saturated carbocycles. The Morgan fingerprint density at radius 1 is 1.20 bits per heavy atom. The van der Waals surface area contributed by atoms with Crippen molar-refractivity contribution < 1.29 is 18.7 Å². The normalized spacial score (nSPS) is 10.7. The number of ether oxygens (including phenoxy) is 1. The van der Waals surface area contributed by atoms with Gasteiger partial charge in [-0.2, -0.15) is 5.26 Å². The first kappa shape index (κ1) is 17.9. The molecule has 126 valence electrons. The summed E-state index contributed by atoms with van der Waals surface area (Å²) in [5, 5.41) is 11.5. The molecule has 0 fully saturated rings. The quantitative estimate of drug-likeness (QED) is 0.514. The van der Waals surface area contributed by atoms with Gasteiger partial charge in [0.1, 0.15) is 17.5 Å². The summed E-state index contributed by atoms with van der Waals surface area (Å²) in [6, 6.07) is 13.7. The third-order valence-corrected chi connectivity index (χ3v) is 3.22. The predicted molar refractivity (Wildman–Crippen MR) is 91.0 cm³/mol. The third-order valence-electron chi connectivity index (χ3n) is 3.22. The zero-order chi connectivity index (χ0) is 18.2. The Kier molecular flexibility index (Phi) is 6.02. The summed E-state index contributed by atoms with van der Waals surface area (Å²) >= 11 is 0. The minimum absolute atomic E-state index is 0.00805. The SMILES string of the molecule is CCOC(=O)c1ccc(/C=C(\C#N)C(=O)Nc2ccccc2F)cc1. The number of hydrogen-bond donors (Lipinski definition) is 1. The molecule has 0 radical (unpaired) electrons. The van der Waals surface area contributed by atoms with Gasteiger partial charge < -0.3 is 10.1 Å². The van der Waals surface area contributed by atoms with E-state index in [4.69, 9.17) is 4.74 Å². The fourth-order valence-corrected chi connectivity index (χ4v) is 2.00. The van der Waals surface area contributed by atoms with Crippen LogP contribution in [0.4, 0.5) is 10.1 Å². The lowest BCUT2D eigenvalue weighted by Crippen LogP contribution is -2.14. The molecule has 0 aromatic heterocycles. The first-order valence-corrected chi connectivity index (χ1v) is 7.50. The molecular formula is C19H15FN2O3. The molecule has 1 amide bonds. The summed E-state index contributed by atoms with van der Waals surface area (Å²) < 4.78 is 18.4. The smallest absolute Gasteiger partial charge is 0.338 e. The molecule has 0 aliphatic rings. The Morgan fingerprint density at radius 3 is 2.48 bits per heavy atom. The number of hydrogen-bond acceptors (Lipinski definition) is 4. The van der Waals surface area contributed by atoms with Crippen LogP contribution < -0.4 is 5.32 Å². The largest absolute Gasteiger partial charge is 0.462 e. The van der Waals surface area contributed by atoms with Gasteiger partial charge in [-0.15, -0.1) is 0 Å². The van der Waals surface area contributed by atoms with E-state index in [2.05, 4.69) is 5.32 Å². The van der Waals surface area contributed by atoms with Crippen molar-refractivity contribution in [2.75, 3.05) is 11.9 Å². The summed E-state index contributed by atoms with van der Waals surface area (Å²) in [5.41, 5.74) is 0.722. The Bertz CT molecular complexity index is 852. The molecule has 0 heterocycles. The lowest BCUT2D eigenvalue weighted by atomic mass is 10.1. The molecule has 6 heteroatoms. The van der Waals surface area contributed by atoms with E-state index in [0.29, 0.717) is 11.1 Å². The lowest BCUT2D eigenvalue weighted by Gasteiger charge is -2.05. The molecule has 0 bridgehead atoms. The number of nitrogens with one attached hydrogen (secondary N) is 1. The van der Waals surface area contributed by atoms with Gasteiger partial charge in [0.05, 0.1) is 17.9 Å². The number of amides is 1. The number of anilines is 1. The average molecular weight is 338 g/mol. The maximum atomic E-state index is 13.6. The van der Waals surface area contributed by atoms with Crippen LogP contribution in [0.3, 0.4) is 0 Å². The van der Waals surface area contributed by atoms with Crippen molar-refractivity contribution in [3.05, 3.63) is 71.0 Å². The van der Waals surface area contributed by atoms with Gasteiger partial charge in [0.25, 0.3) is 5.91 Å². The lowest BCUT2D eigenvalue weighted by molar-refractivity contribution is -0.112. The van der Waals surface area contributed by atoms with Crippen molar-refractivity contribution in [2.24, 2.45) is 0 Å². The molecule has 0 aliphatic carbocycles. The van der Waals surface area contributed by atoms with E-state index in [-0.39, 0.29) is 17.9 Å². The highest BCUT2D eigenvalue weighted by atomic mass is 19.1. The number of carbonyl (C=O) groups excluding carboxylic acids is 2. The van der Waals surface area contributed by atoms with Gasteiger partial charge in [-0.1, -0.05) is 24.3 Å². The van der Waals surface area contributed by atoms with Crippen molar-refractivity contribution >= 4 is 23.6 Å². The molecule has 0 atom stereocenters. The van der Waals surface area contributed by atoms with Gasteiger partial charge in [-0.3, -0.25) is 4.79 Å². The first-order chi connectivity index (χ1) is 12.0. The van der Waals surface area contributed by atoms with E-state index in [1.807, 2.05) is 0 Å². The summed E-state index contributed by atoms with van der Waals surface area (Å²) in [6.45, 7) is 1.98. The van der Waals surface area contributed by atoms with E-state index < -0.39 is 17.7 Å². The highest BCUT2D eigenvalue weighted by Crippen LogP contribution is 2.15. The van der Waals surface area contributed by atoms with E-state index in [9.17, 15) is 19.2 Å². The summed E-state index contributed by atoms with van der Waals surface area (Å²) in [7, 11) is 0. The zero-order valence-electron chi connectivity index (χ0n) is 13.5. The number of nitrogens with zero attached hydrogens (tertiary/aromatic N) is 1. The average Bonchev–Trinajstić information content (AvgIpc) is 2.62. The number of halogens is 1. The Labute approximate surface area is 144 Å². The van der Waals surface area contributed by atoms with E-state index in [1.54, 1.807) is 31.2 Å². The molecular weight excluding hydrogens is 323 g/mol. The van der Waals surface area contributed by atoms with E-state index >= 15 is 0 Å². The number of esters is 1. The highest BCUT2D eigenvalue weighted by molar-refractivity contribution is 6.09. The number of nitriles is 1. The minimum Gasteiger partial charge on any atom is -0.462 e. The Morgan fingerprint density at radius 2 is 1.88 bits per heavy atom. The number of para-hydroxylation sites is 1. The van der Waals surface area contributed by atoms with Gasteiger partial charge in [0.15, 0.2) is 0 Å². The zero-order valence-corrected chi connectivity index (χ0v) is 13.5. The minimum atomic E-state index is -0.720. The second-order valence-corrected chi connectivity index (χ2v) is 4.95. The van der Waals surface area contributed by atoms with Crippen molar-refractivity contribution in [2.45, 2.75) is 6.92 Å². The van der Waals surface area contributed by atoms with Crippen molar-refractivity contribution in [1.82, 2.24) is 0 Å². The monoisotopic (exact) mass is 338 g/mol. The molecule has 0 spiro atoms. The van der Waals surface area contributed by atoms with Crippen LogP contribution >= 0.6 is 0 Å². The van der Waals surface area contributed by atoms with Crippen LogP contribution in [0.5, 0.6) is 0 Å². The summed E-state index contributed by atoms with van der Waals surface area (Å²) in [6.07, 6.45) is 1.35. The number of benzene rings is 2. The fourth-order valence-electron chi connectivity index (χ4n) is 2.00. The highest BCUT2D eigenvalue weighted by Gasteiger charge is 2.12. The topological polar surface area (TPSA) is 79.2 Å². The van der Waals surface area contributed by atoms with Crippen LogP contribution in [-0.2, 0) is 9.53 Å². The van der Waals surface area contributed by atoms with Gasteiger partial charge in [-0.25, -0.2) is 9.18 Å². The Balaban J connectivity index is 2.17. The van der Waals surface area contributed by atoms with Gasteiger partial charge in [-0.05, 0) is 42.8 Å². The second kappa shape index (κ2) is 8.41. The first-order valence-electron chi connectivity index (χ1n) is 7.50. The van der Waals surface area contributed by atoms with Crippen LogP contribution in [0.2, 0.25) is 0 Å². The van der Waals surface area contributed by atoms with Crippen LogP contribution in [0.25, 0.3) is 6.08 Å². The summed E-state index contributed by atoms with van der Waals surface area (Å²) in [5.74, 6) is -1.76. The molecule has 0 unspecified atom stereocenters. The van der Waals surface area contributed by atoms with E-state index in [1.165, 1.54) is 36.4 Å². The molecule has 1 N–H and O–H groups in total. The molecule has 2 aromatic carbocycles. The van der Waals surface area contributed by atoms with Crippen molar-refractivity contribution in [1.29, 1.82) is 5.26 Å². The van der Waals surface area contributed by atoms with Gasteiger partial charge in [0, 0.05) is 0 Å².